The zero-order chi connectivity index (χ0) is 19.2. The Labute approximate surface area is 167 Å². The molecule has 1 unspecified atom stereocenters. The van der Waals surface area contributed by atoms with E-state index in [4.69, 9.17) is 0 Å². The van der Waals surface area contributed by atoms with Crippen LogP contribution in [-0.2, 0) is 21.1 Å². The number of sulfone groups is 1. The van der Waals surface area contributed by atoms with Crippen molar-refractivity contribution in [2.75, 3.05) is 19.8 Å². The van der Waals surface area contributed by atoms with Crippen molar-refractivity contribution in [3.05, 3.63) is 65.2 Å². The van der Waals surface area contributed by atoms with Crippen LogP contribution in [0, 0.1) is 0 Å². The van der Waals surface area contributed by atoms with Gasteiger partial charge in [-0.05, 0) is 42.3 Å². The average Bonchev–Trinajstić information content (AvgIpc) is 2.64. The maximum Gasteiger partial charge on any atom is 0.222 e. The van der Waals surface area contributed by atoms with E-state index in [1.54, 1.807) is 25.2 Å². The minimum atomic E-state index is -3.32. The standard InChI is InChI=1S/C20H26N2O3S.ClH/c1-4-15-8-10-16(11-9-15)20(22-19(23)12-13-21-2)17-6-5-7-18(14-17)26(3,24)25;/h5-11,14,20-21H,4,12-13H2,1-3H3,(H,22,23);1H. The number of carbonyl (C=O) groups excluding carboxylic acids is 1. The van der Waals surface area contributed by atoms with Crippen molar-refractivity contribution in [2.45, 2.75) is 30.7 Å². The number of halogens is 1. The molecule has 0 spiro atoms. The molecular formula is C20H27ClN2O3S. The van der Waals surface area contributed by atoms with Crippen LogP contribution in [0.25, 0.3) is 0 Å². The molecule has 0 aliphatic carbocycles. The maximum atomic E-state index is 12.3. The van der Waals surface area contributed by atoms with E-state index in [9.17, 15) is 13.2 Å². The van der Waals surface area contributed by atoms with Crippen LogP contribution in [0.15, 0.2) is 53.4 Å². The van der Waals surface area contributed by atoms with Crippen LogP contribution in [-0.4, -0.2) is 34.2 Å². The summed E-state index contributed by atoms with van der Waals surface area (Å²) in [4.78, 5) is 12.5. The molecule has 0 bridgehead atoms. The van der Waals surface area contributed by atoms with E-state index < -0.39 is 15.9 Å². The van der Waals surface area contributed by atoms with E-state index in [0.29, 0.717) is 13.0 Å². The molecular weight excluding hydrogens is 384 g/mol. The van der Waals surface area contributed by atoms with Crippen LogP contribution in [0.4, 0.5) is 0 Å². The summed E-state index contributed by atoms with van der Waals surface area (Å²) in [5.74, 6) is -0.0892. The van der Waals surface area contributed by atoms with E-state index in [2.05, 4.69) is 17.6 Å². The molecule has 27 heavy (non-hydrogen) atoms. The Kier molecular flexibility index (Phi) is 8.96. The number of amides is 1. The third kappa shape index (κ3) is 6.65. The zero-order valence-electron chi connectivity index (χ0n) is 15.9. The third-order valence-corrected chi connectivity index (χ3v) is 5.36. The van der Waals surface area contributed by atoms with E-state index in [1.807, 2.05) is 30.3 Å². The summed E-state index contributed by atoms with van der Waals surface area (Å²) in [5, 5.41) is 5.98. The van der Waals surface area contributed by atoms with Gasteiger partial charge in [0, 0.05) is 19.2 Å². The largest absolute Gasteiger partial charge is 0.345 e. The van der Waals surface area contributed by atoms with Crippen molar-refractivity contribution in [2.24, 2.45) is 0 Å². The smallest absolute Gasteiger partial charge is 0.222 e. The van der Waals surface area contributed by atoms with Crippen LogP contribution in [0.2, 0.25) is 0 Å². The van der Waals surface area contributed by atoms with Crippen molar-refractivity contribution >= 4 is 28.2 Å². The fourth-order valence-electron chi connectivity index (χ4n) is 2.70. The molecule has 0 aliphatic rings. The van der Waals surface area contributed by atoms with Crippen LogP contribution in [0.5, 0.6) is 0 Å². The van der Waals surface area contributed by atoms with Gasteiger partial charge in [-0.1, -0.05) is 43.3 Å². The first-order valence-electron chi connectivity index (χ1n) is 8.68. The topological polar surface area (TPSA) is 75.3 Å². The van der Waals surface area contributed by atoms with Gasteiger partial charge < -0.3 is 10.6 Å². The second-order valence-electron chi connectivity index (χ2n) is 6.29. The number of nitrogens with one attached hydrogen (secondary N) is 2. The van der Waals surface area contributed by atoms with E-state index in [-0.39, 0.29) is 23.2 Å². The molecule has 0 saturated carbocycles. The van der Waals surface area contributed by atoms with Crippen molar-refractivity contribution in [3.63, 3.8) is 0 Å². The van der Waals surface area contributed by atoms with Gasteiger partial charge in [0.15, 0.2) is 9.84 Å². The van der Waals surface area contributed by atoms with Crippen molar-refractivity contribution in [3.8, 4) is 0 Å². The van der Waals surface area contributed by atoms with E-state index in [0.717, 1.165) is 17.5 Å². The van der Waals surface area contributed by atoms with Crippen LogP contribution < -0.4 is 10.6 Å². The van der Waals surface area contributed by atoms with Gasteiger partial charge in [0.05, 0.1) is 10.9 Å². The molecule has 2 aromatic carbocycles. The summed E-state index contributed by atoms with van der Waals surface area (Å²) in [6.45, 7) is 2.66. The highest BCUT2D eigenvalue weighted by Crippen LogP contribution is 2.25. The van der Waals surface area contributed by atoms with Gasteiger partial charge in [0.25, 0.3) is 0 Å². The van der Waals surface area contributed by atoms with Crippen molar-refractivity contribution in [1.82, 2.24) is 10.6 Å². The average molecular weight is 411 g/mol. The van der Waals surface area contributed by atoms with Gasteiger partial charge >= 0.3 is 0 Å². The van der Waals surface area contributed by atoms with Crippen LogP contribution >= 0.6 is 12.4 Å². The fraction of sp³-hybridized carbons (Fsp3) is 0.350. The second kappa shape index (κ2) is 10.4. The summed E-state index contributed by atoms with van der Waals surface area (Å²) in [6, 6.07) is 14.4. The van der Waals surface area contributed by atoms with Crippen LogP contribution in [0.1, 0.15) is 36.1 Å². The Hall–Kier alpha value is -1.89. The lowest BCUT2D eigenvalue weighted by molar-refractivity contribution is -0.121. The van der Waals surface area contributed by atoms with Crippen molar-refractivity contribution < 1.29 is 13.2 Å². The summed E-state index contributed by atoms with van der Waals surface area (Å²) in [7, 11) is -1.52. The highest BCUT2D eigenvalue weighted by Gasteiger charge is 2.19. The summed E-state index contributed by atoms with van der Waals surface area (Å²) >= 11 is 0. The minimum Gasteiger partial charge on any atom is -0.345 e. The number of hydrogen-bond acceptors (Lipinski definition) is 4. The van der Waals surface area contributed by atoms with Gasteiger partial charge in [-0.15, -0.1) is 12.4 Å². The Balaban J connectivity index is 0.00000364. The lowest BCUT2D eigenvalue weighted by atomic mass is 9.97. The molecule has 0 heterocycles. The quantitative estimate of drug-likeness (QED) is 0.701. The Morgan fingerprint density at radius 2 is 1.74 bits per heavy atom. The number of aryl methyl sites for hydroxylation is 1. The molecule has 1 amide bonds. The Bertz CT molecular complexity index is 852. The number of benzene rings is 2. The number of hydrogen-bond donors (Lipinski definition) is 2. The molecule has 0 radical (unpaired) electrons. The van der Waals surface area contributed by atoms with Gasteiger partial charge in [-0.2, -0.15) is 0 Å². The van der Waals surface area contributed by atoms with Gasteiger partial charge in [-0.25, -0.2) is 8.42 Å². The molecule has 0 aliphatic heterocycles. The highest BCUT2D eigenvalue weighted by molar-refractivity contribution is 7.90. The van der Waals surface area contributed by atoms with Gasteiger partial charge in [-0.3, -0.25) is 4.79 Å². The predicted molar refractivity (Wildman–Crippen MR) is 111 cm³/mol. The first kappa shape index (κ1) is 23.1. The lowest BCUT2D eigenvalue weighted by Crippen LogP contribution is -2.31. The molecule has 0 aromatic heterocycles. The van der Waals surface area contributed by atoms with Gasteiger partial charge in [0.2, 0.25) is 5.91 Å². The Morgan fingerprint density at radius 1 is 1.07 bits per heavy atom. The van der Waals surface area contributed by atoms with Gasteiger partial charge in [0.1, 0.15) is 0 Å². The summed E-state index contributed by atoms with van der Waals surface area (Å²) in [5.41, 5.74) is 2.87. The van der Waals surface area contributed by atoms with E-state index in [1.165, 1.54) is 11.8 Å². The van der Waals surface area contributed by atoms with Crippen molar-refractivity contribution in [1.29, 1.82) is 0 Å². The molecule has 7 heteroatoms. The summed E-state index contributed by atoms with van der Waals surface area (Å²) < 4.78 is 23.8. The molecule has 1 atom stereocenters. The molecule has 2 N–H and O–H groups in total. The predicted octanol–water partition coefficient (Wildman–Crippen LogP) is 2.89. The van der Waals surface area contributed by atoms with Crippen LogP contribution in [0.3, 0.4) is 0 Å². The molecule has 148 valence electrons. The first-order valence-corrected chi connectivity index (χ1v) is 10.6. The maximum absolute atomic E-state index is 12.3. The monoisotopic (exact) mass is 410 g/mol. The Morgan fingerprint density at radius 3 is 2.30 bits per heavy atom. The minimum absolute atomic E-state index is 0. The molecule has 2 aromatic rings. The zero-order valence-corrected chi connectivity index (χ0v) is 17.5. The molecule has 2 rings (SSSR count). The normalized spacial score (nSPS) is 12.1. The fourth-order valence-corrected chi connectivity index (χ4v) is 3.38. The third-order valence-electron chi connectivity index (χ3n) is 4.25. The SMILES string of the molecule is CCc1ccc(C(NC(=O)CCNC)c2cccc(S(C)(=O)=O)c2)cc1.Cl. The molecule has 5 nitrogen and oxygen atoms in total. The van der Waals surface area contributed by atoms with E-state index >= 15 is 0 Å². The summed E-state index contributed by atoms with van der Waals surface area (Å²) in [6.07, 6.45) is 2.47. The lowest BCUT2D eigenvalue weighted by Gasteiger charge is -2.21. The number of rotatable bonds is 8. The molecule has 0 fully saturated rings. The second-order valence-corrected chi connectivity index (χ2v) is 8.31. The number of carbonyl (C=O) groups is 1. The molecule has 0 saturated heterocycles. The first-order chi connectivity index (χ1) is 12.3. The highest BCUT2D eigenvalue weighted by atomic mass is 35.5.